The quantitative estimate of drug-likeness (QED) is 0.213. The van der Waals surface area contributed by atoms with Crippen LogP contribution >= 0.6 is 0 Å². The molecule has 3 rings (SSSR count). The Morgan fingerprint density at radius 2 is 1.86 bits per heavy atom. The minimum absolute atomic E-state index is 0.0101. The molecule has 1 aliphatic rings. The second-order valence-corrected chi connectivity index (χ2v) is 8.26. The Labute approximate surface area is 205 Å². The van der Waals surface area contributed by atoms with Crippen LogP contribution in [-0.2, 0) is 9.53 Å². The van der Waals surface area contributed by atoms with Crippen LogP contribution in [0.25, 0.3) is 6.08 Å². The van der Waals surface area contributed by atoms with Crippen molar-refractivity contribution < 1.29 is 19.2 Å². The molecule has 1 heterocycles. The summed E-state index contributed by atoms with van der Waals surface area (Å²) in [6, 6.07) is 11.3. The zero-order valence-electron chi connectivity index (χ0n) is 20.0. The first kappa shape index (κ1) is 25.9. The van der Waals surface area contributed by atoms with Crippen LogP contribution in [0.5, 0.6) is 0 Å². The summed E-state index contributed by atoms with van der Waals surface area (Å²) in [5.74, 6) is -0.545. The third kappa shape index (κ3) is 7.92. The van der Waals surface area contributed by atoms with E-state index in [1.54, 1.807) is 30.3 Å². The number of nitrogens with one attached hydrogen (secondary N) is 2. The highest BCUT2D eigenvalue weighted by Crippen LogP contribution is 2.27. The van der Waals surface area contributed by atoms with Crippen molar-refractivity contribution in [1.82, 2.24) is 5.32 Å². The Hall–Kier alpha value is -3.72. The molecule has 186 valence electrons. The van der Waals surface area contributed by atoms with Crippen molar-refractivity contribution in [3.8, 4) is 0 Å². The summed E-state index contributed by atoms with van der Waals surface area (Å²) in [6.07, 6.45) is 7.01. The van der Waals surface area contributed by atoms with E-state index < -0.39 is 4.92 Å². The molecule has 9 heteroatoms. The molecule has 0 saturated carbocycles. The number of nitro benzene ring substituents is 1. The van der Waals surface area contributed by atoms with Gasteiger partial charge in [-0.3, -0.25) is 19.7 Å². The average Bonchev–Trinajstić information content (AvgIpc) is 2.88. The van der Waals surface area contributed by atoms with Crippen LogP contribution < -0.4 is 15.5 Å². The van der Waals surface area contributed by atoms with Gasteiger partial charge in [-0.2, -0.15) is 0 Å². The number of amides is 2. The molecule has 0 radical (unpaired) electrons. The van der Waals surface area contributed by atoms with Crippen molar-refractivity contribution in [1.29, 1.82) is 0 Å². The van der Waals surface area contributed by atoms with Crippen molar-refractivity contribution in [2.45, 2.75) is 32.6 Å². The number of piperidine rings is 1. The molecule has 9 nitrogen and oxygen atoms in total. The third-order valence-electron chi connectivity index (χ3n) is 5.69. The van der Waals surface area contributed by atoms with E-state index >= 15 is 0 Å². The molecule has 0 spiro atoms. The van der Waals surface area contributed by atoms with Crippen molar-refractivity contribution >= 4 is 35.0 Å². The Bertz CT molecular complexity index is 1050. The highest BCUT2D eigenvalue weighted by Gasteiger charge is 2.19. The smallest absolute Gasteiger partial charge is 0.269 e. The molecular formula is C26H32N4O5. The number of hydrogen-bond acceptors (Lipinski definition) is 6. The van der Waals surface area contributed by atoms with E-state index in [0.717, 1.165) is 38.0 Å². The van der Waals surface area contributed by atoms with Gasteiger partial charge in [0.2, 0.25) is 5.91 Å². The fourth-order valence-electron chi connectivity index (χ4n) is 3.88. The number of ether oxygens (including phenoxy) is 1. The van der Waals surface area contributed by atoms with E-state index in [0.29, 0.717) is 36.6 Å². The summed E-state index contributed by atoms with van der Waals surface area (Å²) in [5, 5.41) is 16.5. The maximum absolute atomic E-state index is 13.0. The topological polar surface area (TPSA) is 114 Å². The number of non-ortho nitro benzene ring substituents is 1. The summed E-state index contributed by atoms with van der Waals surface area (Å²) in [5.41, 5.74) is 2.57. The number of rotatable bonds is 11. The number of nitrogens with zero attached hydrogens (tertiary/aromatic N) is 2. The summed E-state index contributed by atoms with van der Waals surface area (Å²) in [6.45, 7) is 5.47. The van der Waals surface area contributed by atoms with Gasteiger partial charge in [0.15, 0.2) is 0 Å². The van der Waals surface area contributed by atoms with Gasteiger partial charge in [-0.05, 0) is 74.6 Å². The highest BCUT2D eigenvalue weighted by atomic mass is 16.6. The first-order valence-corrected chi connectivity index (χ1v) is 12.0. The molecular weight excluding hydrogens is 448 g/mol. The number of nitro groups is 1. The van der Waals surface area contributed by atoms with Gasteiger partial charge in [-0.25, -0.2) is 0 Å². The molecule has 1 fully saturated rings. The summed E-state index contributed by atoms with van der Waals surface area (Å²) < 4.78 is 5.33. The van der Waals surface area contributed by atoms with E-state index in [9.17, 15) is 19.7 Å². The van der Waals surface area contributed by atoms with Gasteiger partial charge in [0.1, 0.15) is 0 Å². The van der Waals surface area contributed by atoms with Gasteiger partial charge >= 0.3 is 0 Å². The van der Waals surface area contributed by atoms with Crippen molar-refractivity contribution in [2.24, 2.45) is 0 Å². The summed E-state index contributed by atoms with van der Waals surface area (Å²) >= 11 is 0. The molecule has 0 aliphatic carbocycles. The van der Waals surface area contributed by atoms with Crippen LogP contribution in [0.1, 0.15) is 48.5 Å². The number of carbonyl (C=O) groups excluding carboxylic acids is 2. The lowest BCUT2D eigenvalue weighted by Crippen LogP contribution is -2.33. The molecule has 35 heavy (non-hydrogen) atoms. The first-order valence-electron chi connectivity index (χ1n) is 12.0. The lowest BCUT2D eigenvalue weighted by Gasteiger charge is -2.30. The minimum atomic E-state index is -0.472. The standard InChI is InChI=1S/C26H32N4O5/c1-2-35-18-6-15-27-26(32)23-19-21(10-13-24(23)29-16-4-3-5-17-29)28-25(31)14-9-20-7-11-22(12-8-20)30(33)34/h7-14,19H,2-6,15-18H2,1H3,(H,27,32)(H,28,31). The van der Waals surface area contributed by atoms with Gasteiger partial charge in [-0.1, -0.05) is 0 Å². The van der Waals surface area contributed by atoms with Crippen LogP contribution in [0, 0.1) is 10.1 Å². The lowest BCUT2D eigenvalue weighted by atomic mass is 10.1. The maximum atomic E-state index is 13.0. The van der Waals surface area contributed by atoms with Crippen molar-refractivity contribution in [3.05, 3.63) is 69.8 Å². The maximum Gasteiger partial charge on any atom is 0.269 e. The zero-order valence-corrected chi connectivity index (χ0v) is 20.0. The molecule has 1 saturated heterocycles. The fraction of sp³-hybridized carbons (Fsp3) is 0.385. The monoisotopic (exact) mass is 480 g/mol. The van der Waals surface area contributed by atoms with Crippen LogP contribution in [0.2, 0.25) is 0 Å². The molecule has 2 aromatic carbocycles. The molecule has 0 bridgehead atoms. The highest BCUT2D eigenvalue weighted by molar-refractivity contribution is 6.05. The Morgan fingerprint density at radius 1 is 1.11 bits per heavy atom. The van der Waals surface area contributed by atoms with Crippen LogP contribution in [0.3, 0.4) is 0 Å². The lowest BCUT2D eigenvalue weighted by molar-refractivity contribution is -0.384. The Balaban J connectivity index is 1.70. The van der Waals surface area contributed by atoms with Crippen LogP contribution in [0.4, 0.5) is 17.1 Å². The van der Waals surface area contributed by atoms with Gasteiger partial charge in [-0.15, -0.1) is 0 Å². The SMILES string of the molecule is CCOCCCNC(=O)c1cc(NC(=O)C=Cc2ccc([N+](=O)[O-])cc2)ccc1N1CCCCC1. The molecule has 0 unspecified atom stereocenters. The Kier molecular flexibility index (Phi) is 9.80. The van der Waals surface area contributed by atoms with Gasteiger partial charge in [0.25, 0.3) is 11.6 Å². The molecule has 2 aromatic rings. The van der Waals surface area contributed by atoms with Crippen molar-refractivity contribution in [3.63, 3.8) is 0 Å². The molecule has 0 aromatic heterocycles. The van der Waals surface area contributed by atoms with Gasteiger partial charge < -0.3 is 20.3 Å². The molecule has 2 N–H and O–H groups in total. The van der Waals surface area contributed by atoms with E-state index in [1.165, 1.54) is 24.6 Å². The molecule has 1 aliphatic heterocycles. The second kappa shape index (κ2) is 13.2. The summed E-state index contributed by atoms with van der Waals surface area (Å²) in [7, 11) is 0. The van der Waals surface area contributed by atoms with Crippen LogP contribution in [-0.4, -0.2) is 49.6 Å². The van der Waals surface area contributed by atoms with Gasteiger partial charge in [0.05, 0.1) is 10.5 Å². The number of hydrogen-bond donors (Lipinski definition) is 2. The largest absolute Gasteiger partial charge is 0.382 e. The first-order chi connectivity index (χ1) is 17.0. The molecule has 2 amide bonds. The normalized spacial score (nSPS) is 13.6. The number of carbonyl (C=O) groups is 2. The minimum Gasteiger partial charge on any atom is -0.382 e. The predicted molar refractivity (Wildman–Crippen MR) is 137 cm³/mol. The van der Waals surface area contributed by atoms with E-state index in [2.05, 4.69) is 15.5 Å². The average molecular weight is 481 g/mol. The molecule has 0 atom stereocenters. The third-order valence-corrected chi connectivity index (χ3v) is 5.69. The van der Waals surface area contributed by atoms with E-state index in [-0.39, 0.29) is 17.5 Å². The van der Waals surface area contributed by atoms with Crippen molar-refractivity contribution in [2.75, 3.05) is 43.1 Å². The fourth-order valence-corrected chi connectivity index (χ4v) is 3.88. The van der Waals surface area contributed by atoms with Gasteiger partial charge in [0, 0.05) is 62.4 Å². The zero-order chi connectivity index (χ0) is 25.0. The predicted octanol–water partition coefficient (Wildman–Crippen LogP) is 4.39. The second-order valence-electron chi connectivity index (χ2n) is 8.26. The summed E-state index contributed by atoms with van der Waals surface area (Å²) in [4.78, 5) is 38.0. The van der Waals surface area contributed by atoms with Crippen LogP contribution in [0.15, 0.2) is 48.5 Å². The number of anilines is 2. The number of benzene rings is 2. The van der Waals surface area contributed by atoms with E-state index in [1.807, 2.05) is 13.0 Å². The van der Waals surface area contributed by atoms with E-state index in [4.69, 9.17) is 4.74 Å². The Morgan fingerprint density at radius 3 is 2.54 bits per heavy atom.